The number of methoxy groups -OCH3 is 1. The number of aryl methyl sites for hydroxylation is 1. The van der Waals surface area contributed by atoms with Crippen LogP contribution in [-0.4, -0.2) is 36.4 Å². The third-order valence-electron chi connectivity index (χ3n) is 5.18. The molecule has 4 rings (SSSR count). The first kappa shape index (κ1) is 21.5. The topological polar surface area (TPSA) is 68.7 Å². The molecule has 6 heteroatoms. The Balaban J connectivity index is 1.67. The molecule has 0 aliphatic rings. The van der Waals surface area contributed by atoms with Crippen LogP contribution >= 0.6 is 0 Å². The number of rotatable bonds is 7. The van der Waals surface area contributed by atoms with Crippen LogP contribution in [0.2, 0.25) is 0 Å². The number of benzene rings is 3. The Morgan fingerprint density at radius 3 is 2.41 bits per heavy atom. The van der Waals surface area contributed by atoms with Crippen molar-refractivity contribution in [2.45, 2.75) is 6.92 Å². The van der Waals surface area contributed by atoms with Crippen molar-refractivity contribution in [3.05, 3.63) is 83.7 Å². The molecule has 32 heavy (non-hydrogen) atoms. The number of pyridine rings is 1. The summed E-state index contributed by atoms with van der Waals surface area (Å²) in [5.74, 6) is -0.785. The fraction of sp³-hybridized carbons (Fsp3) is 0.154. The predicted molar refractivity (Wildman–Crippen MR) is 122 cm³/mol. The number of carboxylic acids is 1. The summed E-state index contributed by atoms with van der Waals surface area (Å²) in [6, 6.07) is 18.9. The average Bonchev–Trinajstić information content (AvgIpc) is 2.79. The summed E-state index contributed by atoms with van der Waals surface area (Å²) in [7, 11) is 1.61. The maximum Gasteiger partial charge on any atom is 0.336 e. The van der Waals surface area contributed by atoms with Gasteiger partial charge in [-0.15, -0.1) is 0 Å². The summed E-state index contributed by atoms with van der Waals surface area (Å²) in [4.78, 5) is 16.4. The number of hydrogen-bond acceptors (Lipinski definition) is 4. The zero-order valence-electron chi connectivity index (χ0n) is 17.8. The highest BCUT2D eigenvalue weighted by atomic mass is 19.1. The number of hydrogen-bond donors (Lipinski definition) is 1. The van der Waals surface area contributed by atoms with Crippen LogP contribution in [0.4, 0.5) is 4.39 Å². The van der Waals surface area contributed by atoms with E-state index >= 15 is 4.39 Å². The maximum absolute atomic E-state index is 15.0. The van der Waals surface area contributed by atoms with Gasteiger partial charge in [-0.05, 0) is 48.9 Å². The quantitative estimate of drug-likeness (QED) is 0.378. The van der Waals surface area contributed by atoms with Gasteiger partial charge in [0, 0.05) is 23.6 Å². The van der Waals surface area contributed by atoms with Gasteiger partial charge in [0.2, 0.25) is 0 Å². The van der Waals surface area contributed by atoms with E-state index in [1.54, 1.807) is 55.6 Å². The summed E-state index contributed by atoms with van der Waals surface area (Å²) in [5.41, 5.74) is 3.71. The number of nitrogens with zero attached hydrogens (tertiary/aromatic N) is 1. The minimum Gasteiger partial charge on any atom is -0.491 e. The Hall–Kier alpha value is -3.77. The molecule has 3 aromatic carbocycles. The van der Waals surface area contributed by atoms with Gasteiger partial charge in [-0.2, -0.15) is 0 Å². The van der Waals surface area contributed by atoms with Crippen molar-refractivity contribution in [2.75, 3.05) is 20.3 Å². The largest absolute Gasteiger partial charge is 0.491 e. The molecule has 0 saturated heterocycles. The van der Waals surface area contributed by atoms with E-state index in [1.807, 2.05) is 13.0 Å². The molecule has 1 aromatic heterocycles. The van der Waals surface area contributed by atoms with Crippen LogP contribution in [0.1, 0.15) is 15.9 Å². The summed E-state index contributed by atoms with van der Waals surface area (Å²) in [5, 5.41) is 10.2. The number of fused-ring (bicyclic) bond motifs is 1. The lowest BCUT2D eigenvalue weighted by Crippen LogP contribution is -2.03. The van der Waals surface area contributed by atoms with Gasteiger partial charge < -0.3 is 14.6 Å². The Kier molecular flexibility index (Phi) is 6.14. The molecule has 0 unspecified atom stereocenters. The molecule has 0 fully saturated rings. The minimum atomic E-state index is -1.05. The van der Waals surface area contributed by atoms with Gasteiger partial charge in [0.05, 0.1) is 23.4 Å². The lowest BCUT2D eigenvalue weighted by Gasteiger charge is -2.10. The van der Waals surface area contributed by atoms with E-state index in [0.29, 0.717) is 52.3 Å². The molecule has 0 amide bonds. The molecule has 162 valence electrons. The lowest BCUT2D eigenvalue weighted by molar-refractivity contribution is 0.0699. The van der Waals surface area contributed by atoms with Crippen LogP contribution in [0, 0.1) is 12.7 Å². The molecule has 1 heterocycles. The number of carbonyl (C=O) groups is 1. The van der Waals surface area contributed by atoms with E-state index in [4.69, 9.17) is 9.47 Å². The Bertz CT molecular complexity index is 1290. The van der Waals surface area contributed by atoms with E-state index in [0.717, 1.165) is 5.56 Å². The predicted octanol–water partition coefficient (Wildman–Crippen LogP) is 5.74. The smallest absolute Gasteiger partial charge is 0.336 e. The molecular formula is C26H22FNO4. The van der Waals surface area contributed by atoms with Crippen LogP contribution in [0.5, 0.6) is 5.75 Å². The van der Waals surface area contributed by atoms with Crippen molar-refractivity contribution in [1.29, 1.82) is 0 Å². The summed E-state index contributed by atoms with van der Waals surface area (Å²) in [6.07, 6.45) is 0. The molecule has 0 aliphatic heterocycles. The summed E-state index contributed by atoms with van der Waals surface area (Å²) >= 11 is 0. The standard InChI is InChI=1S/C26H22FNO4/c1-16-3-10-24-21(13-16)22(26(29)30)15-25(28-24)18-6-9-20(23(27)14-18)17-4-7-19(8-5-17)32-12-11-31-2/h3-10,13-15H,11-12H2,1-2H3,(H,29,30). The number of carboxylic acid groups (broad SMARTS) is 1. The minimum absolute atomic E-state index is 0.141. The normalized spacial score (nSPS) is 11.0. The van der Waals surface area contributed by atoms with Crippen LogP contribution in [0.15, 0.2) is 66.7 Å². The molecular weight excluding hydrogens is 409 g/mol. The average molecular weight is 431 g/mol. The number of halogens is 1. The zero-order chi connectivity index (χ0) is 22.7. The van der Waals surface area contributed by atoms with Crippen molar-refractivity contribution in [1.82, 2.24) is 4.98 Å². The van der Waals surface area contributed by atoms with Gasteiger partial charge in [-0.3, -0.25) is 0 Å². The van der Waals surface area contributed by atoms with Crippen molar-refractivity contribution >= 4 is 16.9 Å². The molecule has 0 radical (unpaired) electrons. The second kappa shape index (κ2) is 9.16. The van der Waals surface area contributed by atoms with E-state index in [9.17, 15) is 9.90 Å². The molecule has 1 N–H and O–H groups in total. The monoisotopic (exact) mass is 431 g/mol. The Labute approximate surface area is 185 Å². The van der Waals surface area contributed by atoms with Crippen molar-refractivity contribution in [3.8, 4) is 28.1 Å². The first-order valence-corrected chi connectivity index (χ1v) is 10.1. The van der Waals surface area contributed by atoms with Gasteiger partial charge in [0.25, 0.3) is 0 Å². The molecule has 0 spiro atoms. The van der Waals surface area contributed by atoms with Crippen molar-refractivity contribution in [2.24, 2.45) is 0 Å². The zero-order valence-corrected chi connectivity index (χ0v) is 17.8. The van der Waals surface area contributed by atoms with E-state index in [1.165, 1.54) is 12.1 Å². The highest BCUT2D eigenvalue weighted by molar-refractivity contribution is 6.04. The first-order valence-electron chi connectivity index (χ1n) is 10.1. The lowest BCUT2D eigenvalue weighted by atomic mass is 9.99. The van der Waals surface area contributed by atoms with Gasteiger partial charge in [0.1, 0.15) is 18.2 Å². The SMILES string of the molecule is COCCOc1ccc(-c2ccc(-c3cc(C(=O)O)c4cc(C)ccc4n3)cc2F)cc1. The van der Waals surface area contributed by atoms with Crippen LogP contribution in [0.25, 0.3) is 33.3 Å². The van der Waals surface area contributed by atoms with Crippen molar-refractivity contribution in [3.63, 3.8) is 0 Å². The fourth-order valence-corrected chi connectivity index (χ4v) is 3.55. The summed E-state index contributed by atoms with van der Waals surface area (Å²) in [6.45, 7) is 2.82. The van der Waals surface area contributed by atoms with E-state index in [-0.39, 0.29) is 5.56 Å². The van der Waals surface area contributed by atoms with Crippen molar-refractivity contribution < 1.29 is 23.8 Å². The summed E-state index contributed by atoms with van der Waals surface area (Å²) < 4.78 is 25.5. The Morgan fingerprint density at radius 2 is 1.72 bits per heavy atom. The molecule has 4 aromatic rings. The molecule has 0 saturated carbocycles. The highest BCUT2D eigenvalue weighted by Gasteiger charge is 2.15. The molecule has 0 bridgehead atoms. The maximum atomic E-state index is 15.0. The second-order valence-corrected chi connectivity index (χ2v) is 7.44. The molecule has 0 aliphatic carbocycles. The van der Waals surface area contributed by atoms with Gasteiger partial charge >= 0.3 is 5.97 Å². The number of aromatic nitrogens is 1. The van der Waals surface area contributed by atoms with Crippen LogP contribution < -0.4 is 4.74 Å². The first-order chi connectivity index (χ1) is 15.5. The van der Waals surface area contributed by atoms with Crippen LogP contribution in [0.3, 0.4) is 0 Å². The van der Waals surface area contributed by atoms with Gasteiger partial charge in [-0.1, -0.05) is 35.9 Å². The Morgan fingerprint density at radius 1 is 0.969 bits per heavy atom. The highest BCUT2D eigenvalue weighted by Crippen LogP contribution is 2.31. The second-order valence-electron chi connectivity index (χ2n) is 7.44. The third kappa shape index (κ3) is 4.45. The van der Waals surface area contributed by atoms with E-state index < -0.39 is 11.8 Å². The van der Waals surface area contributed by atoms with Gasteiger partial charge in [0.15, 0.2) is 0 Å². The molecule has 5 nitrogen and oxygen atoms in total. The van der Waals surface area contributed by atoms with Crippen LogP contribution in [-0.2, 0) is 4.74 Å². The number of aromatic carboxylic acids is 1. The van der Waals surface area contributed by atoms with Gasteiger partial charge in [-0.25, -0.2) is 14.2 Å². The third-order valence-corrected chi connectivity index (χ3v) is 5.18. The fourth-order valence-electron chi connectivity index (χ4n) is 3.55. The molecule has 0 atom stereocenters. The van der Waals surface area contributed by atoms with E-state index in [2.05, 4.69) is 4.98 Å². The number of ether oxygens (including phenoxy) is 2.